The second-order valence-electron chi connectivity index (χ2n) is 7.59. The van der Waals surface area contributed by atoms with Crippen LogP contribution in [0.2, 0.25) is 0 Å². The van der Waals surface area contributed by atoms with E-state index in [2.05, 4.69) is 10.4 Å². The molecule has 0 radical (unpaired) electrons. The van der Waals surface area contributed by atoms with Crippen molar-refractivity contribution in [1.82, 2.24) is 15.1 Å². The minimum absolute atomic E-state index is 0.362. The van der Waals surface area contributed by atoms with Crippen molar-refractivity contribution in [3.8, 4) is 11.1 Å². The van der Waals surface area contributed by atoms with Gasteiger partial charge in [-0.1, -0.05) is 24.3 Å². The molecule has 0 fully saturated rings. The lowest BCUT2D eigenvalue weighted by atomic mass is 10.1. The Bertz CT molecular complexity index is 786. The minimum atomic E-state index is -1.12. The zero-order chi connectivity index (χ0) is 19.5. The largest absolute Gasteiger partial charge is 0.479 e. The molecule has 2 N–H and O–H groups in total. The molecule has 0 saturated carbocycles. The van der Waals surface area contributed by atoms with E-state index >= 15 is 0 Å². The number of ether oxygens (including phenoxy) is 1. The van der Waals surface area contributed by atoms with E-state index in [4.69, 9.17) is 4.74 Å². The van der Waals surface area contributed by atoms with E-state index in [1.165, 1.54) is 4.68 Å². The summed E-state index contributed by atoms with van der Waals surface area (Å²) in [5, 5.41) is 16.2. The number of hydrogen-bond acceptors (Lipinski definition) is 4. The van der Waals surface area contributed by atoms with E-state index in [0.717, 1.165) is 16.7 Å². The van der Waals surface area contributed by atoms with E-state index in [1.807, 2.05) is 45.0 Å². The van der Waals surface area contributed by atoms with E-state index < -0.39 is 23.2 Å². The summed E-state index contributed by atoms with van der Waals surface area (Å²) in [6, 6.07) is 7.60. The summed E-state index contributed by atoms with van der Waals surface area (Å²) in [5.41, 5.74) is 1.02. The second kappa shape index (κ2) is 7.19. The third-order valence-electron chi connectivity index (χ3n) is 3.80. The van der Waals surface area contributed by atoms with Gasteiger partial charge in [-0.3, -0.25) is 4.68 Å². The maximum absolute atomic E-state index is 11.7. The summed E-state index contributed by atoms with van der Waals surface area (Å²) in [4.78, 5) is 23.0. The number of amides is 1. The van der Waals surface area contributed by atoms with Crippen molar-refractivity contribution < 1.29 is 19.4 Å². The molecule has 2 aromatic rings. The molecule has 1 aromatic carbocycles. The number of carbonyl (C=O) groups is 2. The van der Waals surface area contributed by atoms with Gasteiger partial charge in [0.2, 0.25) is 0 Å². The van der Waals surface area contributed by atoms with Crippen LogP contribution < -0.4 is 5.32 Å². The summed E-state index contributed by atoms with van der Waals surface area (Å²) in [6.07, 6.45) is 2.89. The first-order valence-corrected chi connectivity index (χ1v) is 8.34. The molecule has 26 heavy (non-hydrogen) atoms. The molecule has 1 heterocycles. The third-order valence-corrected chi connectivity index (χ3v) is 3.80. The standard InChI is InChI=1S/C19H25N3O4/c1-18(2,3)26-17(25)20-10-13-6-8-14(9-7-13)15-11-21-22(12-15)19(4,5)16(23)24/h6-9,11-12H,10H2,1-5H3,(H,20,25)(H,23,24). The smallest absolute Gasteiger partial charge is 0.407 e. The molecule has 0 aliphatic rings. The Kier molecular flexibility index (Phi) is 5.39. The number of rotatable bonds is 5. The average Bonchev–Trinajstić information content (AvgIpc) is 3.02. The van der Waals surface area contributed by atoms with Crippen molar-refractivity contribution >= 4 is 12.1 Å². The fourth-order valence-corrected chi connectivity index (χ4v) is 2.18. The van der Waals surface area contributed by atoms with Gasteiger partial charge in [0, 0.05) is 18.3 Å². The first-order valence-electron chi connectivity index (χ1n) is 8.34. The summed E-state index contributed by atoms with van der Waals surface area (Å²) < 4.78 is 6.63. The Morgan fingerprint density at radius 2 is 1.73 bits per heavy atom. The van der Waals surface area contributed by atoms with Crippen LogP contribution in [0.1, 0.15) is 40.2 Å². The normalized spacial score (nSPS) is 11.9. The SMILES string of the molecule is CC(C)(C)OC(=O)NCc1ccc(-c2cnn(C(C)(C)C(=O)O)c2)cc1. The lowest BCUT2D eigenvalue weighted by molar-refractivity contribution is -0.146. The molecule has 2 rings (SSSR count). The third kappa shape index (κ3) is 4.84. The predicted molar refractivity (Wildman–Crippen MR) is 97.7 cm³/mol. The molecule has 1 amide bonds. The number of alkyl carbamates (subject to hydrolysis) is 1. The zero-order valence-electron chi connectivity index (χ0n) is 15.7. The molecule has 0 unspecified atom stereocenters. The molecule has 0 aliphatic carbocycles. The molecule has 0 saturated heterocycles. The number of hydrogen-bond donors (Lipinski definition) is 2. The number of carboxylic acids is 1. The summed E-state index contributed by atoms with van der Waals surface area (Å²) in [7, 11) is 0. The quantitative estimate of drug-likeness (QED) is 0.853. The monoisotopic (exact) mass is 359 g/mol. The Balaban J connectivity index is 2.03. The number of nitrogens with zero attached hydrogens (tertiary/aromatic N) is 2. The van der Waals surface area contributed by atoms with Crippen molar-refractivity contribution in [2.24, 2.45) is 0 Å². The highest BCUT2D eigenvalue weighted by Crippen LogP contribution is 2.23. The van der Waals surface area contributed by atoms with E-state index in [-0.39, 0.29) is 0 Å². The van der Waals surface area contributed by atoms with Gasteiger partial charge >= 0.3 is 12.1 Å². The van der Waals surface area contributed by atoms with Crippen LogP contribution in [0.5, 0.6) is 0 Å². The molecule has 140 valence electrons. The fourth-order valence-electron chi connectivity index (χ4n) is 2.18. The van der Waals surface area contributed by atoms with Crippen LogP contribution in [-0.2, 0) is 21.6 Å². The van der Waals surface area contributed by atoms with Crippen molar-refractivity contribution in [1.29, 1.82) is 0 Å². The Morgan fingerprint density at radius 3 is 2.27 bits per heavy atom. The minimum Gasteiger partial charge on any atom is -0.479 e. The second-order valence-corrected chi connectivity index (χ2v) is 7.59. The van der Waals surface area contributed by atoms with Crippen LogP contribution >= 0.6 is 0 Å². The van der Waals surface area contributed by atoms with Crippen LogP contribution in [0, 0.1) is 0 Å². The lowest BCUT2D eigenvalue weighted by Crippen LogP contribution is -2.35. The number of aromatic nitrogens is 2. The van der Waals surface area contributed by atoms with Gasteiger partial charge in [0.05, 0.1) is 6.20 Å². The first-order chi connectivity index (χ1) is 12.0. The molecule has 1 aromatic heterocycles. The van der Waals surface area contributed by atoms with Crippen LogP contribution in [-0.4, -0.2) is 32.6 Å². The van der Waals surface area contributed by atoms with Crippen LogP contribution in [0.25, 0.3) is 11.1 Å². The average molecular weight is 359 g/mol. The van der Waals surface area contributed by atoms with Gasteiger partial charge in [-0.2, -0.15) is 5.10 Å². The van der Waals surface area contributed by atoms with Gasteiger partial charge in [0.1, 0.15) is 5.60 Å². The molecule has 0 spiro atoms. The van der Waals surface area contributed by atoms with Gasteiger partial charge < -0.3 is 15.2 Å². The number of benzene rings is 1. The molecule has 0 bridgehead atoms. The Hall–Kier alpha value is -2.83. The Labute approximate surface area is 153 Å². The number of carbonyl (C=O) groups excluding carboxylic acids is 1. The molecule has 7 nitrogen and oxygen atoms in total. The van der Waals surface area contributed by atoms with Gasteiger partial charge in [-0.15, -0.1) is 0 Å². The van der Waals surface area contributed by atoms with Crippen LogP contribution in [0.4, 0.5) is 4.79 Å². The van der Waals surface area contributed by atoms with Gasteiger partial charge in [0.15, 0.2) is 5.54 Å². The number of nitrogens with one attached hydrogen (secondary N) is 1. The zero-order valence-corrected chi connectivity index (χ0v) is 15.7. The van der Waals surface area contributed by atoms with E-state index in [0.29, 0.717) is 6.54 Å². The first kappa shape index (κ1) is 19.5. The van der Waals surface area contributed by atoms with Crippen molar-refractivity contribution in [2.75, 3.05) is 0 Å². The van der Waals surface area contributed by atoms with Crippen molar-refractivity contribution in [3.63, 3.8) is 0 Å². The maximum Gasteiger partial charge on any atom is 0.407 e. The highest BCUT2D eigenvalue weighted by atomic mass is 16.6. The topological polar surface area (TPSA) is 93.5 Å². The molecule has 0 atom stereocenters. The summed E-state index contributed by atoms with van der Waals surface area (Å²) in [5.74, 6) is -0.948. The number of carboxylic acid groups (broad SMARTS) is 1. The molecular formula is C19H25N3O4. The predicted octanol–water partition coefficient (Wildman–Crippen LogP) is 3.39. The van der Waals surface area contributed by atoms with Crippen LogP contribution in [0.3, 0.4) is 0 Å². The lowest BCUT2D eigenvalue weighted by Gasteiger charge is -2.19. The molecular weight excluding hydrogens is 334 g/mol. The highest BCUT2D eigenvalue weighted by Gasteiger charge is 2.30. The highest BCUT2D eigenvalue weighted by molar-refractivity contribution is 5.76. The maximum atomic E-state index is 11.7. The van der Waals surface area contributed by atoms with Gasteiger partial charge in [-0.05, 0) is 45.7 Å². The number of aliphatic carboxylic acids is 1. The van der Waals surface area contributed by atoms with Crippen molar-refractivity contribution in [2.45, 2.75) is 52.3 Å². The van der Waals surface area contributed by atoms with E-state index in [1.54, 1.807) is 26.2 Å². The van der Waals surface area contributed by atoms with Gasteiger partial charge in [-0.25, -0.2) is 9.59 Å². The molecule has 7 heteroatoms. The summed E-state index contributed by atoms with van der Waals surface area (Å²) in [6.45, 7) is 8.99. The van der Waals surface area contributed by atoms with E-state index in [9.17, 15) is 14.7 Å². The van der Waals surface area contributed by atoms with Crippen LogP contribution in [0.15, 0.2) is 36.7 Å². The van der Waals surface area contributed by atoms with Crippen molar-refractivity contribution in [3.05, 3.63) is 42.2 Å². The molecule has 0 aliphatic heterocycles. The Morgan fingerprint density at radius 1 is 1.12 bits per heavy atom. The fraction of sp³-hybridized carbons (Fsp3) is 0.421. The summed E-state index contributed by atoms with van der Waals surface area (Å²) >= 11 is 0. The van der Waals surface area contributed by atoms with Gasteiger partial charge in [0.25, 0.3) is 0 Å².